The Kier molecular flexibility index (Phi) is 4.72. The maximum Gasteiger partial charge on any atom is 0.0278 e. The average Bonchev–Trinajstić information content (AvgIpc) is 2.15. The van der Waals surface area contributed by atoms with Crippen LogP contribution in [0.15, 0.2) is 12.1 Å². The molecule has 0 heterocycles. The van der Waals surface area contributed by atoms with E-state index < -0.39 is 0 Å². The zero-order valence-corrected chi connectivity index (χ0v) is 12.0. The van der Waals surface area contributed by atoms with Crippen molar-refractivity contribution >= 4 is 0 Å². The summed E-state index contributed by atoms with van der Waals surface area (Å²) in [6.07, 6.45) is 0. The Morgan fingerprint density at radius 3 is 1.94 bits per heavy atom. The summed E-state index contributed by atoms with van der Waals surface area (Å²) in [6, 6.07) is 4.93. The number of hydrogen-bond acceptors (Lipinski definition) is 2. The van der Waals surface area contributed by atoms with Crippen molar-refractivity contribution in [1.29, 1.82) is 0 Å². The largest absolute Gasteiger partial charge is 0.329 e. The third-order valence-corrected chi connectivity index (χ3v) is 3.68. The fourth-order valence-electron chi connectivity index (χ4n) is 2.96. The molecule has 1 aromatic carbocycles. The SMILES string of the molecule is Cc1cc(C)c(C(C)C(CN)N(C)C)c(C)c1. The van der Waals surface area contributed by atoms with E-state index in [1.807, 2.05) is 0 Å². The Bertz CT molecular complexity index is 360. The van der Waals surface area contributed by atoms with E-state index in [9.17, 15) is 0 Å². The van der Waals surface area contributed by atoms with Gasteiger partial charge in [-0.15, -0.1) is 0 Å². The number of benzene rings is 1. The average molecular weight is 234 g/mol. The topological polar surface area (TPSA) is 29.3 Å². The van der Waals surface area contributed by atoms with Gasteiger partial charge in [-0.05, 0) is 57.5 Å². The standard InChI is InChI=1S/C15H26N2/c1-10-7-11(2)15(12(3)8-10)13(4)14(9-16)17(5)6/h7-8,13-14H,9,16H2,1-6H3. The molecule has 2 nitrogen and oxygen atoms in total. The fraction of sp³-hybridized carbons (Fsp3) is 0.600. The Hall–Kier alpha value is -0.860. The molecule has 2 unspecified atom stereocenters. The summed E-state index contributed by atoms with van der Waals surface area (Å²) < 4.78 is 0. The minimum Gasteiger partial charge on any atom is -0.329 e. The first-order chi connectivity index (χ1) is 7.88. The molecule has 1 aromatic rings. The molecule has 0 aliphatic heterocycles. The zero-order valence-electron chi connectivity index (χ0n) is 12.0. The third-order valence-electron chi connectivity index (χ3n) is 3.68. The second kappa shape index (κ2) is 5.65. The van der Waals surface area contributed by atoms with Crippen LogP contribution in [0.4, 0.5) is 0 Å². The molecule has 0 aliphatic carbocycles. The van der Waals surface area contributed by atoms with Crippen LogP contribution in [0.5, 0.6) is 0 Å². The molecule has 2 heteroatoms. The quantitative estimate of drug-likeness (QED) is 0.867. The van der Waals surface area contributed by atoms with Gasteiger partial charge in [-0.2, -0.15) is 0 Å². The van der Waals surface area contributed by atoms with Crippen molar-refractivity contribution in [3.63, 3.8) is 0 Å². The summed E-state index contributed by atoms with van der Waals surface area (Å²) in [4.78, 5) is 2.23. The molecule has 96 valence electrons. The minimum absolute atomic E-state index is 0.398. The molecule has 0 radical (unpaired) electrons. The molecule has 0 fully saturated rings. The van der Waals surface area contributed by atoms with Crippen LogP contribution >= 0.6 is 0 Å². The minimum atomic E-state index is 0.398. The predicted octanol–water partition coefficient (Wildman–Crippen LogP) is 2.60. The van der Waals surface area contributed by atoms with Crippen LogP contribution in [0.2, 0.25) is 0 Å². The molecule has 17 heavy (non-hydrogen) atoms. The Labute approximate surface area is 106 Å². The lowest BCUT2D eigenvalue weighted by atomic mass is 9.85. The van der Waals surface area contributed by atoms with E-state index in [2.05, 4.69) is 58.8 Å². The van der Waals surface area contributed by atoms with E-state index in [0.29, 0.717) is 18.5 Å². The van der Waals surface area contributed by atoms with Crippen molar-refractivity contribution in [2.24, 2.45) is 5.73 Å². The van der Waals surface area contributed by atoms with Gasteiger partial charge in [0.2, 0.25) is 0 Å². The van der Waals surface area contributed by atoms with Gasteiger partial charge in [0, 0.05) is 12.6 Å². The van der Waals surface area contributed by atoms with E-state index in [1.165, 1.54) is 22.3 Å². The van der Waals surface area contributed by atoms with Crippen molar-refractivity contribution in [2.75, 3.05) is 20.6 Å². The van der Waals surface area contributed by atoms with Gasteiger partial charge in [-0.3, -0.25) is 0 Å². The summed E-state index contributed by atoms with van der Waals surface area (Å²) >= 11 is 0. The molecule has 0 aromatic heterocycles. The summed E-state index contributed by atoms with van der Waals surface area (Å²) in [6.45, 7) is 9.54. The number of rotatable bonds is 4. The lowest BCUT2D eigenvalue weighted by molar-refractivity contribution is 0.266. The molecule has 0 saturated carbocycles. The fourth-order valence-corrected chi connectivity index (χ4v) is 2.96. The van der Waals surface area contributed by atoms with Gasteiger partial charge in [0.05, 0.1) is 0 Å². The maximum absolute atomic E-state index is 5.90. The van der Waals surface area contributed by atoms with E-state index in [1.54, 1.807) is 0 Å². The van der Waals surface area contributed by atoms with E-state index >= 15 is 0 Å². The van der Waals surface area contributed by atoms with Crippen molar-refractivity contribution < 1.29 is 0 Å². The molecule has 2 N–H and O–H groups in total. The van der Waals surface area contributed by atoms with E-state index in [4.69, 9.17) is 5.73 Å². The van der Waals surface area contributed by atoms with Crippen molar-refractivity contribution in [3.8, 4) is 0 Å². The molecule has 0 bridgehead atoms. The van der Waals surface area contributed by atoms with Crippen LogP contribution in [0.3, 0.4) is 0 Å². The molecule has 0 amide bonds. The highest BCUT2D eigenvalue weighted by atomic mass is 15.1. The van der Waals surface area contributed by atoms with Crippen molar-refractivity contribution in [1.82, 2.24) is 4.90 Å². The van der Waals surface area contributed by atoms with Gasteiger partial charge >= 0.3 is 0 Å². The van der Waals surface area contributed by atoms with Crippen LogP contribution in [0.25, 0.3) is 0 Å². The van der Waals surface area contributed by atoms with Crippen LogP contribution in [-0.4, -0.2) is 31.6 Å². The summed E-state index contributed by atoms with van der Waals surface area (Å²) in [5.74, 6) is 0.468. The molecule has 0 aliphatic rings. The Morgan fingerprint density at radius 1 is 1.12 bits per heavy atom. The number of nitrogens with zero attached hydrogens (tertiary/aromatic N) is 1. The normalized spacial score (nSPS) is 15.1. The van der Waals surface area contributed by atoms with Crippen LogP contribution in [0, 0.1) is 20.8 Å². The summed E-state index contributed by atoms with van der Waals surface area (Å²) in [7, 11) is 4.21. The van der Waals surface area contributed by atoms with Crippen molar-refractivity contribution in [2.45, 2.75) is 39.7 Å². The molecule has 0 saturated heterocycles. The highest BCUT2D eigenvalue weighted by Crippen LogP contribution is 2.28. The lowest BCUT2D eigenvalue weighted by Crippen LogP contribution is -2.39. The second-order valence-electron chi connectivity index (χ2n) is 5.37. The predicted molar refractivity (Wildman–Crippen MR) is 75.6 cm³/mol. The highest BCUT2D eigenvalue weighted by molar-refractivity contribution is 5.40. The van der Waals surface area contributed by atoms with Gasteiger partial charge in [0.15, 0.2) is 0 Å². The number of hydrogen-bond donors (Lipinski definition) is 1. The molecule has 2 atom stereocenters. The molecular weight excluding hydrogens is 208 g/mol. The smallest absolute Gasteiger partial charge is 0.0278 e. The maximum atomic E-state index is 5.90. The van der Waals surface area contributed by atoms with Gasteiger partial charge in [0.1, 0.15) is 0 Å². The summed E-state index contributed by atoms with van der Waals surface area (Å²) in [5.41, 5.74) is 11.5. The van der Waals surface area contributed by atoms with Gasteiger partial charge in [0.25, 0.3) is 0 Å². The first-order valence-corrected chi connectivity index (χ1v) is 6.32. The van der Waals surface area contributed by atoms with Crippen LogP contribution < -0.4 is 5.73 Å². The second-order valence-corrected chi connectivity index (χ2v) is 5.37. The van der Waals surface area contributed by atoms with Gasteiger partial charge in [-0.25, -0.2) is 0 Å². The van der Waals surface area contributed by atoms with Crippen molar-refractivity contribution in [3.05, 3.63) is 34.4 Å². The molecular formula is C15H26N2. The third kappa shape index (κ3) is 3.08. The number of likely N-dealkylation sites (N-methyl/N-ethyl adjacent to an activating group) is 1. The van der Waals surface area contributed by atoms with Crippen LogP contribution in [-0.2, 0) is 0 Å². The molecule has 0 spiro atoms. The first-order valence-electron chi connectivity index (χ1n) is 6.32. The highest BCUT2D eigenvalue weighted by Gasteiger charge is 2.22. The summed E-state index contributed by atoms with van der Waals surface area (Å²) in [5, 5.41) is 0. The molecule has 1 rings (SSSR count). The zero-order chi connectivity index (χ0) is 13.2. The Balaban J connectivity index is 3.15. The van der Waals surface area contributed by atoms with Gasteiger partial charge < -0.3 is 10.6 Å². The number of aryl methyl sites for hydroxylation is 3. The Morgan fingerprint density at radius 2 is 1.59 bits per heavy atom. The first kappa shape index (κ1) is 14.2. The van der Waals surface area contributed by atoms with Gasteiger partial charge in [-0.1, -0.05) is 24.6 Å². The lowest BCUT2D eigenvalue weighted by Gasteiger charge is -2.31. The van der Waals surface area contributed by atoms with E-state index in [0.717, 1.165) is 0 Å². The monoisotopic (exact) mass is 234 g/mol. The van der Waals surface area contributed by atoms with E-state index in [-0.39, 0.29) is 0 Å². The number of nitrogens with two attached hydrogens (primary N) is 1. The van der Waals surface area contributed by atoms with Crippen LogP contribution in [0.1, 0.15) is 35.1 Å².